The Morgan fingerprint density at radius 1 is 0.567 bits per heavy atom. The van der Waals surface area contributed by atoms with E-state index < -0.39 is 42.9 Å². The Morgan fingerprint density at radius 2 is 1.01 bits per heavy atom. The average molecular weight is 947 g/mol. The van der Waals surface area contributed by atoms with Gasteiger partial charge in [-0.2, -0.15) is 0 Å². The Labute approximate surface area is 404 Å². The molecule has 0 radical (unpaired) electrons. The van der Waals surface area contributed by atoms with Crippen molar-refractivity contribution in [2.24, 2.45) is 47.3 Å². The molecule has 2 saturated heterocycles. The molecule has 0 aromatic rings. The number of hydrogen-bond acceptors (Lipinski definition) is 13. The second-order valence-electron chi connectivity index (χ2n) is 19.4. The van der Waals surface area contributed by atoms with Crippen LogP contribution in [0.4, 0.5) is 0 Å². The van der Waals surface area contributed by atoms with E-state index >= 15 is 0 Å². The number of aliphatic hydroxyl groups excluding tert-OH is 2. The summed E-state index contributed by atoms with van der Waals surface area (Å²) in [4.78, 5) is 0. The van der Waals surface area contributed by atoms with Crippen molar-refractivity contribution < 1.29 is 62.3 Å². The molecule has 13 heteroatoms. The zero-order valence-corrected chi connectivity index (χ0v) is 43.7. The monoisotopic (exact) mass is 947 g/mol. The molecule has 2 fully saturated rings. The summed E-state index contributed by atoms with van der Waals surface area (Å²) in [6.45, 7) is 17.2. The van der Waals surface area contributed by atoms with Gasteiger partial charge in [0.2, 0.25) is 0 Å². The molecule has 0 aromatic heterocycles. The van der Waals surface area contributed by atoms with Gasteiger partial charge in [0.15, 0.2) is 6.29 Å². The molecule has 22 atom stereocenters. The van der Waals surface area contributed by atoms with Crippen LogP contribution in [0.15, 0.2) is 71.9 Å². The lowest BCUT2D eigenvalue weighted by Crippen LogP contribution is -2.60. The topological polar surface area (TPSA) is 142 Å². The Kier molecular flexibility index (Phi) is 24.1. The highest BCUT2D eigenvalue weighted by atomic mass is 16.7. The van der Waals surface area contributed by atoms with Crippen LogP contribution in [0, 0.1) is 47.3 Å². The van der Waals surface area contributed by atoms with E-state index in [1.165, 1.54) is 0 Å². The fourth-order valence-corrected chi connectivity index (χ4v) is 11.0. The minimum Gasteiger partial charge on any atom is -0.392 e. The van der Waals surface area contributed by atoms with Crippen molar-refractivity contribution in [2.75, 3.05) is 63.5 Å². The summed E-state index contributed by atoms with van der Waals surface area (Å²) >= 11 is 0. The van der Waals surface area contributed by atoms with Gasteiger partial charge in [0.25, 0.3) is 0 Å². The first-order valence-electron chi connectivity index (χ1n) is 24.7. The molecule has 0 amide bonds. The molecule has 2 N–H and O–H groups in total. The third-order valence-electron chi connectivity index (χ3n) is 15.5. The van der Waals surface area contributed by atoms with Crippen LogP contribution in [0.3, 0.4) is 0 Å². The Morgan fingerprint density at radius 3 is 1.43 bits per heavy atom. The van der Waals surface area contributed by atoms with E-state index in [1.807, 2.05) is 45.1 Å². The van der Waals surface area contributed by atoms with Crippen molar-refractivity contribution in [3.8, 4) is 0 Å². The molecule has 0 bridgehead atoms. The molecular weight excluding hydrogens is 857 g/mol. The predicted molar refractivity (Wildman–Crippen MR) is 262 cm³/mol. The first kappa shape index (κ1) is 57.5. The van der Waals surface area contributed by atoms with Crippen molar-refractivity contribution in [1.29, 1.82) is 0 Å². The first-order valence-corrected chi connectivity index (χ1v) is 24.7. The fourth-order valence-electron chi connectivity index (χ4n) is 11.0. The first-order chi connectivity index (χ1) is 32.1. The molecule has 4 aliphatic rings. The van der Waals surface area contributed by atoms with Gasteiger partial charge in [-0.1, -0.05) is 95.4 Å². The van der Waals surface area contributed by atoms with Crippen molar-refractivity contribution in [3.63, 3.8) is 0 Å². The lowest BCUT2D eigenvalue weighted by atomic mass is 9.67. The van der Waals surface area contributed by atoms with Crippen molar-refractivity contribution in [2.45, 2.75) is 160 Å². The van der Waals surface area contributed by atoms with Crippen LogP contribution in [0.2, 0.25) is 0 Å². The fraction of sp³-hybridized carbons (Fsp3) is 0.778. The lowest BCUT2D eigenvalue weighted by Gasteiger charge is -2.45. The van der Waals surface area contributed by atoms with Crippen molar-refractivity contribution in [1.82, 2.24) is 0 Å². The van der Waals surface area contributed by atoms with Gasteiger partial charge in [0.1, 0.15) is 48.8 Å². The van der Waals surface area contributed by atoms with Crippen LogP contribution < -0.4 is 0 Å². The van der Waals surface area contributed by atoms with Crippen molar-refractivity contribution >= 4 is 0 Å². The number of ether oxygens (including phenoxy) is 11. The van der Waals surface area contributed by atoms with Gasteiger partial charge in [-0.15, -0.1) is 0 Å². The van der Waals surface area contributed by atoms with E-state index in [2.05, 4.69) is 71.1 Å². The van der Waals surface area contributed by atoms with Gasteiger partial charge in [-0.05, 0) is 74.9 Å². The molecule has 2 aliphatic heterocycles. The van der Waals surface area contributed by atoms with Crippen LogP contribution in [0.1, 0.15) is 74.7 Å². The smallest absolute Gasteiger partial charge is 0.186 e. The largest absolute Gasteiger partial charge is 0.392 e. The zero-order chi connectivity index (χ0) is 49.5. The minimum atomic E-state index is -0.612. The quantitative estimate of drug-likeness (QED) is 0.0450. The predicted octanol–water partition coefficient (Wildman–Crippen LogP) is 7.70. The zero-order valence-electron chi connectivity index (χ0n) is 43.7. The second kappa shape index (κ2) is 28.1. The molecule has 4 rings (SSSR count). The highest BCUT2D eigenvalue weighted by Crippen LogP contribution is 2.42. The van der Waals surface area contributed by atoms with Crippen LogP contribution in [-0.2, 0) is 52.1 Å². The van der Waals surface area contributed by atoms with E-state index in [-0.39, 0.29) is 78.2 Å². The molecule has 0 unspecified atom stereocenters. The molecule has 2 aliphatic carbocycles. The summed E-state index contributed by atoms with van der Waals surface area (Å²) in [7, 11) is 13.4. The molecular formula is C54H90O13. The summed E-state index contributed by atoms with van der Waals surface area (Å²) in [6, 6.07) is 0. The third kappa shape index (κ3) is 13.9. The average Bonchev–Trinajstić information content (AvgIpc) is 3.29. The van der Waals surface area contributed by atoms with E-state index in [0.29, 0.717) is 18.4 Å². The summed E-state index contributed by atoms with van der Waals surface area (Å²) in [5.41, 5.74) is 1.95. The standard InChI is InChI=1S/C54H90O13/c1-17-42(57-9)35(6)38-26-28-40(38)44(55)31(2)21-18-23-33(4)46-50(61-13)52(48(59-11)37(8)66-46)65-30-20-25-43(58-10)36(7)39-27-29-41(39)45(56)32(3)22-19-24-34(5)47-49(60-12)51(62-14)53(63-15)54(64-16)67-47/h18-19,21-24,26-29,31-32,35-56H,17,20,25,30H2,1-16H3/b21-18+,22-19+,33-23+,34-24+/t31-,32-,35-,36-,37+,38+,39+,40-,41-,42-,43-,44+,45+,46+,47+,48+,49-,50+,51-,52+,53+,54-/m0/s1. The Balaban J connectivity index is 1.31. The molecule has 67 heavy (non-hydrogen) atoms. The van der Waals surface area contributed by atoms with Crippen LogP contribution >= 0.6 is 0 Å². The number of allylic oxidation sites excluding steroid dienone is 6. The SMILES string of the molecule is CC[C@H](OC)[C@@H](C)[C@H]1C=C[C@@H]1[C@H](O)[C@@H](C)/C=C/C=C(\C)[C@H]1O[C@H](C)[C@@H](OC)[C@@H](OCCC[C@H](OC)[C@@H](C)[C@H]2C=C[C@@H]2[C@H](O)[C@@H](C)/C=C/C=C(\C)[C@H]2O[C@H](OC)[C@H](OC)[C@@H](OC)[C@H]2OC)[C@@H]1OC. The van der Waals surface area contributed by atoms with Gasteiger partial charge < -0.3 is 62.3 Å². The second-order valence-corrected chi connectivity index (χ2v) is 19.4. The van der Waals surface area contributed by atoms with E-state index in [9.17, 15) is 10.2 Å². The Bertz CT molecular complexity index is 1620. The number of hydrogen-bond donors (Lipinski definition) is 2. The number of methoxy groups -OCH3 is 8. The van der Waals surface area contributed by atoms with Crippen molar-refractivity contribution in [3.05, 3.63) is 71.9 Å². The van der Waals surface area contributed by atoms with Gasteiger partial charge in [0, 0.05) is 87.2 Å². The Hall–Kier alpha value is -2.08. The lowest BCUT2D eigenvalue weighted by molar-refractivity contribution is -0.295. The summed E-state index contributed by atoms with van der Waals surface area (Å²) < 4.78 is 66.1. The maximum Gasteiger partial charge on any atom is 0.186 e. The molecule has 384 valence electrons. The highest BCUT2D eigenvalue weighted by molar-refractivity contribution is 5.22. The summed E-state index contributed by atoms with van der Waals surface area (Å²) in [6.07, 6.45) is 18.6. The molecule has 0 saturated carbocycles. The summed E-state index contributed by atoms with van der Waals surface area (Å²) in [5.74, 6) is 0.949. The van der Waals surface area contributed by atoms with Gasteiger partial charge >= 0.3 is 0 Å². The third-order valence-corrected chi connectivity index (χ3v) is 15.5. The minimum absolute atomic E-state index is 0.00455. The van der Waals surface area contributed by atoms with Crippen LogP contribution in [-0.4, -0.2) is 159 Å². The molecule has 13 nitrogen and oxygen atoms in total. The van der Waals surface area contributed by atoms with E-state index in [0.717, 1.165) is 30.4 Å². The number of aliphatic hydroxyl groups is 2. The van der Waals surface area contributed by atoms with Gasteiger partial charge in [-0.3, -0.25) is 0 Å². The van der Waals surface area contributed by atoms with Gasteiger partial charge in [-0.25, -0.2) is 0 Å². The maximum absolute atomic E-state index is 11.6. The number of rotatable bonds is 28. The normalized spacial score (nSPS) is 36.3. The maximum atomic E-state index is 11.6. The highest BCUT2D eigenvalue weighted by Gasteiger charge is 2.49. The van der Waals surface area contributed by atoms with Crippen LogP contribution in [0.25, 0.3) is 0 Å². The molecule has 2 heterocycles. The summed E-state index contributed by atoms with van der Waals surface area (Å²) in [5, 5.41) is 22.9. The van der Waals surface area contributed by atoms with E-state index in [1.54, 1.807) is 56.9 Å². The molecule has 0 aromatic carbocycles. The molecule has 0 spiro atoms. The van der Waals surface area contributed by atoms with Gasteiger partial charge in [0.05, 0.1) is 30.5 Å². The van der Waals surface area contributed by atoms with Crippen LogP contribution in [0.5, 0.6) is 0 Å². The van der Waals surface area contributed by atoms with E-state index in [4.69, 9.17) is 52.1 Å².